The Balaban J connectivity index is 3.83. The molecule has 0 fully saturated rings. The van der Waals surface area contributed by atoms with Gasteiger partial charge in [0.05, 0.1) is 6.61 Å². The molecule has 6 heteroatoms. The van der Waals surface area contributed by atoms with Gasteiger partial charge in [-0.15, -0.1) is 0 Å². The minimum Gasteiger partial charge on any atom is -0.310 e. The Morgan fingerprint density at radius 2 is 2.00 bits per heavy atom. The Hall–Kier alpha value is 0.0700. The molecule has 0 aromatic rings. The number of phosphoric acid groups is 1. The van der Waals surface area contributed by atoms with E-state index in [-0.39, 0.29) is 6.61 Å². The molecule has 0 aromatic carbocycles. The number of nitrogens with one attached hydrogen (secondary N) is 1. The van der Waals surface area contributed by atoms with Gasteiger partial charge in [0.25, 0.3) is 0 Å². The molecule has 0 radical (unpaired) electrons. The average Bonchev–Trinajstić information content (AvgIpc) is 1.83. The summed E-state index contributed by atoms with van der Waals surface area (Å²) in [5, 5.41) is 3.03. The van der Waals surface area contributed by atoms with Gasteiger partial charge in [-0.3, -0.25) is 4.52 Å². The summed E-state index contributed by atoms with van der Waals surface area (Å²) in [6.45, 7) is 6.26. The van der Waals surface area contributed by atoms with Crippen LogP contribution in [-0.2, 0) is 9.09 Å². The van der Waals surface area contributed by atoms with Gasteiger partial charge in [0, 0.05) is 5.54 Å². The third-order valence-corrected chi connectivity index (χ3v) is 1.71. The van der Waals surface area contributed by atoms with Gasteiger partial charge in [0.1, 0.15) is 0 Å². The van der Waals surface area contributed by atoms with Gasteiger partial charge in [-0.2, -0.15) is 0 Å². The molecule has 0 rings (SSSR count). The summed E-state index contributed by atoms with van der Waals surface area (Å²) >= 11 is 0. The van der Waals surface area contributed by atoms with Crippen LogP contribution >= 0.6 is 7.82 Å². The normalized spacial score (nSPS) is 13.4. The van der Waals surface area contributed by atoms with Crippen molar-refractivity contribution >= 4 is 7.82 Å². The molecular formula is C6H16NO4P. The second-order valence-corrected chi connectivity index (χ2v) is 4.42. The smallest absolute Gasteiger partial charge is 0.310 e. The minimum atomic E-state index is -4.33. The number of likely N-dealkylation sites (N-methyl/N-ethyl adjacent to an activating group) is 1. The van der Waals surface area contributed by atoms with E-state index < -0.39 is 13.4 Å². The molecule has 0 heterocycles. The largest absolute Gasteiger partial charge is 0.469 e. The highest BCUT2D eigenvalue weighted by Gasteiger charge is 2.22. The van der Waals surface area contributed by atoms with Crippen LogP contribution in [0.3, 0.4) is 0 Å². The van der Waals surface area contributed by atoms with Crippen molar-refractivity contribution in [1.82, 2.24) is 5.32 Å². The zero-order valence-corrected chi connectivity index (χ0v) is 8.47. The van der Waals surface area contributed by atoms with E-state index in [1.807, 2.05) is 20.8 Å². The third kappa shape index (κ3) is 6.76. The predicted molar refractivity (Wildman–Crippen MR) is 45.8 cm³/mol. The van der Waals surface area contributed by atoms with E-state index in [4.69, 9.17) is 9.79 Å². The summed E-state index contributed by atoms with van der Waals surface area (Å²) in [4.78, 5) is 16.8. The molecule has 0 aliphatic rings. The molecule has 3 N–H and O–H groups in total. The maximum absolute atomic E-state index is 10.3. The van der Waals surface area contributed by atoms with Crippen LogP contribution < -0.4 is 5.32 Å². The zero-order chi connectivity index (χ0) is 9.83. The highest BCUT2D eigenvalue weighted by Crippen LogP contribution is 2.36. The molecule has 12 heavy (non-hydrogen) atoms. The Morgan fingerprint density at radius 3 is 2.33 bits per heavy atom. The molecule has 0 bridgehead atoms. The standard InChI is InChI=1S/C6H16NO4P/c1-4-7-6(2,3)5-11-12(8,9)10/h7H,4-5H2,1-3H3,(H2,8,9,10). The highest BCUT2D eigenvalue weighted by atomic mass is 31.2. The summed E-state index contributed by atoms with van der Waals surface area (Å²) in [7, 11) is -4.33. The second-order valence-electron chi connectivity index (χ2n) is 3.18. The number of rotatable bonds is 5. The van der Waals surface area contributed by atoms with Gasteiger partial charge in [-0.05, 0) is 20.4 Å². The first-order chi connectivity index (χ1) is 5.27. The molecule has 74 valence electrons. The molecule has 0 saturated carbocycles. The summed E-state index contributed by atoms with van der Waals surface area (Å²) in [5.74, 6) is 0. The van der Waals surface area contributed by atoms with Gasteiger partial charge in [-0.25, -0.2) is 4.57 Å². The maximum Gasteiger partial charge on any atom is 0.469 e. The van der Waals surface area contributed by atoms with Crippen molar-refractivity contribution < 1.29 is 18.9 Å². The first-order valence-electron chi connectivity index (χ1n) is 3.72. The van der Waals surface area contributed by atoms with E-state index >= 15 is 0 Å². The monoisotopic (exact) mass is 197 g/mol. The average molecular weight is 197 g/mol. The van der Waals surface area contributed by atoms with Crippen LogP contribution in [-0.4, -0.2) is 28.5 Å². The molecule has 0 saturated heterocycles. The van der Waals surface area contributed by atoms with Gasteiger partial charge < -0.3 is 15.1 Å². The van der Waals surface area contributed by atoms with Gasteiger partial charge >= 0.3 is 7.82 Å². The molecule has 0 amide bonds. The van der Waals surface area contributed by atoms with Crippen LogP contribution in [0.15, 0.2) is 0 Å². The molecule has 5 nitrogen and oxygen atoms in total. The Bertz CT molecular complexity index is 176. The molecule has 0 aliphatic heterocycles. The summed E-state index contributed by atoms with van der Waals surface area (Å²) < 4.78 is 14.7. The Kier molecular flexibility index (Phi) is 4.37. The predicted octanol–water partition coefficient (Wildman–Crippen LogP) is 0.484. The van der Waals surface area contributed by atoms with E-state index in [9.17, 15) is 4.57 Å². The fourth-order valence-corrected chi connectivity index (χ4v) is 1.27. The zero-order valence-electron chi connectivity index (χ0n) is 7.57. The number of hydrogen-bond acceptors (Lipinski definition) is 3. The van der Waals surface area contributed by atoms with Crippen molar-refractivity contribution in [2.45, 2.75) is 26.3 Å². The van der Waals surface area contributed by atoms with Gasteiger partial charge in [-0.1, -0.05) is 6.92 Å². The quantitative estimate of drug-likeness (QED) is 0.559. The fraction of sp³-hybridized carbons (Fsp3) is 1.00. The fourth-order valence-electron chi connectivity index (χ4n) is 0.775. The summed E-state index contributed by atoms with van der Waals surface area (Å²) in [6.07, 6.45) is 0. The number of phosphoric ester groups is 1. The highest BCUT2D eigenvalue weighted by molar-refractivity contribution is 7.46. The van der Waals surface area contributed by atoms with Crippen LogP contribution in [0.25, 0.3) is 0 Å². The van der Waals surface area contributed by atoms with Gasteiger partial charge in [0.15, 0.2) is 0 Å². The molecule has 0 aliphatic carbocycles. The molecule has 0 unspecified atom stereocenters. The minimum absolute atomic E-state index is 0.00881. The Morgan fingerprint density at radius 1 is 1.50 bits per heavy atom. The maximum atomic E-state index is 10.3. The van der Waals surface area contributed by atoms with Crippen molar-refractivity contribution in [2.24, 2.45) is 0 Å². The first-order valence-corrected chi connectivity index (χ1v) is 5.25. The topological polar surface area (TPSA) is 78.8 Å². The lowest BCUT2D eigenvalue weighted by Gasteiger charge is -2.25. The lowest BCUT2D eigenvalue weighted by Crippen LogP contribution is -2.43. The van der Waals surface area contributed by atoms with Crippen LogP contribution in [0.4, 0.5) is 0 Å². The van der Waals surface area contributed by atoms with E-state index in [1.54, 1.807) is 0 Å². The van der Waals surface area contributed by atoms with Crippen molar-refractivity contribution in [3.8, 4) is 0 Å². The Labute approximate surface area is 72.4 Å². The van der Waals surface area contributed by atoms with Crippen LogP contribution in [0.5, 0.6) is 0 Å². The molecule has 0 atom stereocenters. The summed E-state index contributed by atoms with van der Waals surface area (Å²) in [5.41, 5.74) is -0.407. The van der Waals surface area contributed by atoms with Crippen molar-refractivity contribution in [3.05, 3.63) is 0 Å². The number of hydrogen-bond donors (Lipinski definition) is 3. The van der Waals surface area contributed by atoms with E-state index in [0.29, 0.717) is 0 Å². The van der Waals surface area contributed by atoms with Crippen molar-refractivity contribution in [2.75, 3.05) is 13.2 Å². The second kappa shape index (κ2) is 4.35. The molecule has 0 spiro atoms. The summed E-state index contributed by atoms with van der Waals surface area (Å²) in [6, 6.07) is 0. The third-order valence-electron chi connectivity index (χ3n) is 1.25. The molecule has 0 aromatic heterocycles. The van der Waals surface area contributed by atoms with E-state index in [2.05, 4.69) is 9.84 Å². The van der Waals surface area contributed by atoms with E-state index in [0.717, 1.165) is 6.54 Å². The lowest BCUT2D eigenvalue weighted by molar-refractivity contribution is 0.149. The molecular weight excluding hydrogens is 181 g/mol. The van der Waals surface area contributed by atoms with Crippen LogP contribution in [0.2, 0.25) is 0 Å². The van der Waals surface area contributed by atoms with Crippen molar-refractivity contribution in [1.29, 1.82) is 0 Å². The lowest BCUT2D eigenvalue weighted by atomic mass is 10.1. The van der Waals surface area contributed by atoms with Gasteiger partial charge in [0.2, 0.25) is 0 Å². The van der Waals surface area contributed by atoms with Crippen molar-refractivity contribution in [3.63, 3.8) is 0 Å². The van der Waals surface area contributed by atoms with E-state index in [1.165, 1.54) is 0 Å². The van der Waals surface area contributed by atoms with Crippen LogP contribution in [0.1, 0.15) is 20.8 Å². The SMILES string of the molecule is CCNC(C)(C)COP(=O)(O)O. The van der Waals surface area contributed by atoms with Crippen LogP contribution in [0, 0.1) is 0 Å². The first kappa shape index (κ1) is 12.1.